The first-order valence-electron chi connectivity index (χ1n) is 9.95. The number of nitrogens with one attached hydrogen (secondary N) is 2. The van der Waals surface area contributed by atoms with Gasteiger partial charge in [-0.1, -0.05) is 23.7 Å². The van der Waals surface area contributed by atoms with Crippen LogP contribution in [0.3, 0.4) is 0 Å². The highest BCUT2D eigenvalue weighted by atomic mass is 35.5. The van der Waals surface area contributed by atoms with E-state index in [2.05, 4.69) is 10.9 Å². The summed E-state index contributed by atoms with van der Waals surface area (Å²) in [4.78, 5) is 29.6. The molecule has 0 spiro atoms. The molecule has 146 valence electrons. The van der Waals surface area contributed by atoms with E-state index < -0.39 is 0 Å². The van der Waals surface area contributed by atoms with Crippen LogP contribution in [0.15, 0.2) is 24.3 Å². The van der Waals surface area contributed by atoms with Crippen molar-refractivity contribution in [2.75, 3.05) is 32.7 Å². The Morgan fingerprint density at radius 1 is 0.926 bits per heavy atom. The maximum Gasteiger partial charge on any atom is 0.229 e. The summed E-state index contributed by atoms with van der Waals surface area (Å²) in [5.41, 5.74) is 7.41. The molecule has 0 bridgehead atoms. The average Bonchev–Trinajstić information content (AvgIpc) is 3.40. The molecule has 4 rings (SSSR count). The Hall–Kier alpha value is -1.63. The van der Waals surface area contributed by atoms with Crippen molar-refractivity contribution in [3.05, 3.63) is 34.9 Å². The summed E-state index contributed by atoms with van der Waals surface area (Å²) in [7, 11) is 0. The van der Waals surface area contributed by atoms with Crippen molar-refractivity contribution in [3.8, 4) is 0 Å². The molecule has 2 atom stereocenters. The maximum atomic E-state index is 13.1. The first-order chi connectivity index (χ1) is 13.1. The number of carbonyl (C=O) groups is 2. The van der Waals surface area contributed by atoms with Crippen molar-refractivity contribution in [2.45, 2.75) is 31.7 Å². The molecule has 3 saturated heterocycles. The second kappa shape index (κ2) is 8.17. The summed E-state index contributed by atoms with van der Waals surface area (Å²) in [6, 6.07) is 7.59. The molecule has 3 fully saturated rings. The van der Waals surface area contributed by atoms with E-state index in [1.54, 1.807) is 0 Å². The van der Waals surface area contributed by atoms with E-state index in [0.29, 0.717) is 30.6 Å². The van der Waals surface area contributed by atoms with Crippen molar-refractivity contribution in [1.29, 1.82) is 0 Å². The van der Waals surface area contributed by atoms with Crippen molar-refractivity contribution in [3.63, 3.8) is 0 Å². The number of carbonyl (C=O) groups excluding carboxylic acids is 2. The van der Waals surface area contributed by atoms with Crippen LogP contribution in [0.2, 0.25) is 5.02 Å². The fraction of sp³-hybridized carbons (Fsp3) is 0.600. The maximum absolute atomic E-state index is 13.1. The number of amides is 2. The van der Waals surface area contributed by atoms with Gasteiger partial charge in [0.15, 0.2) is 0 Å². The summed E-state index contributed by atoms with van der Waals surface area (Å²) < 4.78 is 0. The van der Waals surface area contributed by atoms with Crippen molar-refractivity contribution in [2.24, 2.45) is 11.8 Å². The number of halogens is 1. The number of benzene rings is 1. The van der Waals surface area contributed by atoms with Gasteiger partial charge in [0, 0.05) is 43.7 Å². The zero-order chi connectivity index (χ0) is 18.8. The van der Waals surface area contributed by atoms with E-state index in [1.165, 1.54) is 0 Å². The SMILES string of the molecule is O=C(C1CCN(C(=O)C2CNNC2c2ccc(Cl)cc2)CC1)N1CCCC1. The zero-order valence-corrected chi connectivity index (χ0v) is 16.3. The summed E-state index contributed by atoms with van der Waals surface area (Å²) in [6.45, 7) is 3.76. The lowest BCUT2D eigenvalue weighted by molar-refractivity contribution is -0.142. The second-order valence-corrected chi connectivity index (χ2v) is 8.23. The highest BCUT2D eigenvalue weighted by Crippen LogP contribution is 2.29. The monoisotopic (exact) mass is 390 g/mol. The second-order valence-electron chi connectivity index (χ2n) is 7.79. The Kier molecular flexibility index (Phi) is 5.66. The molecule has 27 heavy (non-hydrogen) atoms. The van der Waals surface area contributed by atoms with E-state index in [9.17, 15) is 9.59 Å². The van der Waals surface area contributed by atoms with Gasteiger partial charge in [-0.05, 0) is 43.4 Å². The lowest BCUT2D eigenvalue weighted by Gasteiger charge is -2.35. The van der Waals surface area contributed by atoms with E-state index in [-0.39, 0.29) is 23.8 Å². The Morgan fingerprint density at radius 3 is 2.22 bits per heavy atom. The van der Waals surface area contributed by atoms with Crippen LogP contribution in [-0.2, 0) is 9.59 Å². The highest BCUT2D eigenvalue weighted by molar-refractivity contribution is 6.30. The molecule has 2 amide bonds. The summed E-state index contributed by atoms with van der Waals surface area (Å²) in [6.07, 6.45) is 3.80. The van der Waals surface area contributed by atoms with E-state index in [1.807, 2.05) is 34.1 Å². The van der Waals surface area contributed by atoms with Gasteiger partial charge >= 0.3 is 0 Å². The average molecular weight is 391 g/mol. The standard InChI is InChI=1S/C20H27ClN4O2/c21-16-5-3-14(4-6-16)18-17(13-22-23-18)20(27)25-11-7-15(8-12-25)19(26)24-9-1-2-10-24/h3-6,15,17-18,22-23H,1-2,7-13H2. The third kappa shape index (κ3) is 3.98. The summed E-state index contributed by atoms with van der Waals surface area (Å²) in [5.74, 6) is 0.401. The van der Waals surface area contributed by atoms with Crippen molar-refractivity contribution >= 4 is 23.4 Å². The Labute approximate surface area is 165 Å². The fourth-order valence-corrected chi connectivity index (χ4v) is 4.62. The van der Waals surface area contributed by atoms with Crippen LogP contribution in [0.5, 0.6) is 0 Å². The van der Waals surface area contributed by atoms with E-state index in [4.69, 9.17) is 11.6 Å². The number of hydrogen-bond acceptors (Lipinski definition) is 4. The number of hydrazine groups is 1. The molecule has 3 heterocycles. The fourth-order valence-electron chi connectivity index (χ4n) is 4.49. The quantitative estimate of drug-likeness (QED) is 0.828. The van der Waals surface area contributed by atoms with Gasteiger partial charge in [-0.3, -0.25) is 15.0 Å². The number of rotatable bonds is 3. The van der Waals surface area contributed by atoms with Crippen molar-refractivity contribution < 1.29 is 9.59 Å². The topological polar surface area (TPSA) is 64.7 Å². The van der Waals surface area contributed by atoms with E-state index in [0.717, 1.165) is 44.3 Å². The molecule has 6 nitrogen and oxygen atoms in total. The lowest BCUT2D eigenvalue weighted by atomic mass is 9.91. The molecule has 1 aromatic rings. The van der Waals surface area contributed by atoms with Crippen molar-refractivity contribution in [1.82, 2.24) is 20.7 Å². The minimum atomic E-state index is -0.142. The predicted octanol–water partition coefficient (Wildman–Crippen LogP) is 1.97. The smallest absolute Gasteiger partial charge is 0.229 e. The van der Waals surface area contributed by atoms with Crippen LogP contribution < -0.4 is 10.9 Å². The number of nitrogens with zero attached hydrogens (tertiary/aromatic N) is 2. The minimum absolute atomic E-state index is 0.0567. The Bertz CT molecular complexity index is 682. The first kappa shape index (κ1) is 18.7. The van der Waals surface area contributed by atoms with Gasteiger partial charge in [0.1, 0.15) is 0 Å². The highest BCUT2D eigenvalue weighted by Gasteiger charge is 2.38. The van der Waals surface area contributed by atoms with Gasteiger partial charge in [0.05, 0.1) is 12.0 Å². The number of piperidine rings is 1. The van der Waals surface area contributed by atoms with Crippen LogP contribution in [0.4, 0.5) is 0 Å². The molecule has 1 aromatic carbocycles. The van der Waals surface area contributed by atoms with Gasteiger partial charge in [0.2, 0.25) is 11.8 Å². The summed E-state index contributed by atoms with van der Waals surface area (Å²) >= 11 is 5.98. The summed E-state index contributed by atoms with van der Waals surface area (Å²) in [5, 5.41) is 0.692. The molecular weight excluding hydrogens is 364 g/mol. The van der Waals surface area contributed by atoms with Gasteiger partial charge in [-0.25, -0.2) is 5.43 Å². The Morgan fingerprint density at radius 2 is 1.56 bits per heavy atom. The van der Waals surface area contributed by atoms with Gasteiger partial charge in [-0.15, -0.1) is 0 Å². The van der Waals surface area contributed by atoms with Crippen LogP contribution in [0.25, 0.3) is 0 Å². The van der Waals surface area contributed by atoms with Crippen LogP contribution in [-0.4, -0.2) is 54.3 Å². The molecule has 0 aromatic heterocycles. The predicted molar refractivity (Wildman–Crippen MR) is 104 cm³/mol. The first-order valence-corrected chi connectivity index (χ1v) is 10.3. The molecule has 3 aliphatic heterocycles. The molecular formula is C20H27ClN4O2. The zero-order valence-electron chi connectivity index (χ0n) is 15.5. The Balaban J connectivity index is 1.35. The van der Waals surface area contributed by atoms with Crippen LogP contribution in [0.1, 0.15) is 37.3 Å². The lowest BCUT2D eigenvalue weighted by Crippen LogP contribution is -2.46. The largest absolute Gasteiger partial charge is 0.342 e. The molecule has 7 heteroatoms. The molecule has 3 aliphatic rings. The molecule has 0 radical (unpaired) electrons. The van der Waals surface area contributed by atoms with Gasteiger partial charge < -0.3 is 9.80 Å². The molecule has 0 saturated carbocycles. The molecule has 0 aliphatic carbocycles. The van der Waals surface area contributed by atoms with Crippen LogP contribution in [0, 0.1) is 11.8 Å². The third-order valence-corrected chi connectivity index (χ3v) is 6.35. The number of hydrogen-bond donors (Lipinski definition) is 2. The third-order valence-electron chi connectivity index (χ3n) is 6.10. The molecule has 2 unspecified atom stereocenters. The minimum Gasteiger partial charge on any atom is -0.342 e. The van der Waals surface area contributed by atoms with E-state index >= 15 is 0 Å². The number of likely N-dealkylation sites (tertiary alicyclic amines) is 2. The van der Waals surface area contributed by atoms with Gasteiger partial charge in [0.25, 0.3) is 0 Å². The van der Waals surface area contributed by atoms with Gasteiger partial charge in [-0.2, -0.15) is 0 Å². The molecule has 2 N–H and O–H groups in total. The normalized spacial score (nSPS) is 26.6. The van der Waals surface area contributed by atoms with Crippen LogP contribution >= 0.6 is 11.6 Å².